The summed E-state index contributed by atoms with van der Waals surface area (Å²) in [5.74, 6) is -0.309. The lowest BCUT2D eigenvalue weighted by atomic mass is 10.2. The Bertz CT molecular complexity index is 653. The molecular weight excluding hydrogens is 315 g/mol. The number of alkyl halides is 1. The van der Waals surface area contributed by atoms with Crippen LogP contribution in [0.2, 0.25) is 5.02 Å². The third kappa shape index (κ3) is 3.38. The number of hydrogen-bond acceptors (Lipinski definition) is 4. The van der Waals surface area contributed by atoms with Crippen molar-refractivity contribution in [3.63, 3.8) is 0 Å². The first-order valence-corrected chi connectivity index (χ1v) is 7.28. The Balaban J connectivity index is 2.12. The highest BCUT2D eigenvalue weighted by molar-refractivity contribution is 6.30. The van der Waals surface area contributed by atoms with Crippen molar-refractivity contribution in [3.05, 3.63) is 27.6 Å². The third-order valence-corrected chi connectivity index (χ3v) is 4.01. The Morgan fingerprint density at radius 3 is 2.95 bits per heavy atom. The van der Waals surface area contributed by atoms with E-state index in [-0.39, 0.29) is 16.5 Å². The number of carbonyl (C=O) groups is 1. The second kappa shape index (κ2) is 6.48. The van der Waals surface area contributed by atoms with E-state index in [0.717, 1.165) is 0 Å². The maximum Gasteiger partial charge on any atom is 0.269 e. The molecule has 1 aromatic rings. The van der Waals surface area contributed by atoms with Gasteiger partial charge in [0.15, 0.2) is 0 Å². The van der Waals surface area contributed by atoms with E-state index in [1.165, 1.54) is 16.8 Å². The van der Waals surface area contributed by atoms with E-state index >= 15 is 0 Å². The molecule has 1 fully saturated rings. The molecule has 3 unspecified atom stereocenters. The molecule has 1 aromatic heterocycles. The number of pyridine rings is 1. The van der Waals surface area contributed by atoms with Crippen LogP contribution in [-0.2, 0) is 11.3 Å². The smallest absolute Gasteiger partial charge is 0.269 e. The number of carbonyl (C=O) groups excluding carboxylic acids is 1. The van der Waals surface area contributed by atoms with E-state index in [0.29, 0.717) is 18.7 Å². The summed E-state index contributed by atoms with van der Waals surface area (Å²) in [7, 11) is 0. The van der Waals surface area contributed by atoms with Crippen molar-refractivity contribution in [2.45, 2.75) is 37.4 Å². The zero-order chi connectivity index (χ0) is 15.6. The van der Waals surface area contributed by atoms with Crippen molar-refractivity contribution in [2.75, 3.05) is 5.32 Å². The van der Waals surface area contributed by atoms with Gasteiger partial charge in [-0.1, -0.05) is 11.6 Å². The number of aryl methyl sites for hydroxylation is 1. The lowest BCUT2D eigenvalue weighted by Crippen LogP contribution is -2.39. The second-order valence-electron chi connectivity index (χ2n) is 4.73. The van der Waals surface area contributed by atoms with Gasteiger partial charge < -0.3 is 9.88 Å². The topological polar surface area (TPSA) is 86.9 Å². The summed E-state index contributed by atoms with van der Waals surface area (Å²) in [4.78, 5) is 23.8. The first-order chi connectivity index (χ1) is 9.96. The predicted octanol–water partition coefficient (Wildman–Crippen LogP) is 1.32. The van der Waals surface area contributed by atoms with E-state index in [1.54, 1.807) is 6.92 Å². The number of nitrogens with zero attached hydrogens (tertiary/aromatic N) is 2. The molecule has 6 nitrogen and oxygen atoms in total. The number of aromatic nitrogens is 1. The molecular formula is C13H14Cl2N4O2. The highest BCUT2D eigenvalue weighted by Gasteiger charge is 2.36. The van der Waals surface area contributed by atoms with Crippen LogP contribution in [0.25, 0.3) is 0 Å². The maximum absolute atomic E-state index is 12.1. The molecule has 1 amide bonds. The monoisotopic (exact) mass is 328 g/mol. The zero-order valence-electron chi connectivity index (χ0n) is 11.3. The van der Waals surface area contributed by atoms with Gasteiger partial charge in [-0.05, 0) is 19.4 Å². The SMILES string of the molecule is CCn1cc(NC(=O)C2CC(Cl)C(C#N)N2)cc(Cl)c1=O. The van der Waals surface area contributed by atoms with Gasteiger partial charge >= 0.3 is 0 Å². The zero-order valence-corrected chi connectivity index (χ0v) is 12.8. The largest absolute Gasteiger partial charge is 0.323 e. The fourth-order valence-corrected chi connectivity index (χ4v) is 2.72. The summed E-state index contributed by atoms with van der Waals surface area (Å²) in [5.41, 5.74) is 0.126. The molecule has 2 heterocycles. The lowest BCUT2D eigenvalue weighted by Gasteiger charge is -2.13. The van der Waals surface area contributed by atoms with E-state index in [4.69, 9.17) is 28.5 Å². The molecule has 1 aliphatic rings. The van der Waals surface area contributed by atoms with Gasteiger partial charge in [0.05, 0.1) is 23.2 Å². The Kier molecular flexibility index (Phi) is 4.88. The second-order valence-corrected chi connectivity index (χ2v) is 5.70. The van der Waals surface area contributed by atoms with Crippen molar-refractivity contribution in [1.29, 1.82) is 5.26 Å². The molecule has 112 valence electrons. The molecule has 21 heavy (non-hydrogen) atoms. The molecule has 2 N–H and O–H groups in total. The minimum atomic E-state index is -0.546. The quantitative estimate of drug-likeness (QED) is 0.819. The summed E-state index contributed by atoms with van der Waals surface area (Å²) in [6.45, 7) is 2.25. The average molecular weight is 329 g/mol. The van der Waals surface area contributed by atoms with Crippen molar-refractivity contribution >= 4 is 34.8 Å². The van der Waals surface area contributed by atoms with E-state index in [1.807, 2.05) is 6.07 Å². The standard InChI is InChI=1S/C13H14Cl2N4O2/c1-2-19-6-7(3-9(15)13(19)21)17-12(20)10-4-8(14)11(5-16)18-10/h3,6,8,10-11,18H,2,4H2,1H3,(H,17,20). The Morgan fingerprint density at radius 2 is 2.38 bits per heavy atom. The Labute approximate surface area is 131 Å². The Morgan fingerprint density at radius 1 is 1.67 bits per heavy atom. The molecule has 0 bridgehead atoms. The van der Waals surface area contributed by atoms with Crippen molar-refractivity contribution in [3.8, 4) is 6.07 Å². The minimum absolute atomic E-state index is 0.0409. The van der Waals surface area contributed by atoms with Crippen LogP contribution in [0.1, 0.15) is 13.3 Å². The summed E-state index contributed by atoms with van der Waals surface area (Å²) in [5, 5.41) is 14.1. The summed E-state index contributed by atoms with van der Waals surface area (Å²) in [6, 6.07) is 2.32. The van der Waals surface area contributed by atoms with Crippen LogP contribution in [0, 0.1) is 11.3 Å². The molecule has 2 rings (SSSR count). The van der Waals surface area contributed by atoms with Crippen molar-refractivity contribution in [2.24, 2.45) is 0 Å². The predicted molar refractivity (Wildman–Crippen MR) is 80.6 cm³/mol. The fraction of sp³-hybridized carbons (Fsp3) is 0.462. The number of nitrogens with one attached hydrogen (secondary N) is 2. The average Bonchev–Trinajstić information content (AvgIpc) is 2.83. The van der Waals surface area contributed by atoms with Crippen LogP contribution in [0.15, 0.2) is 17.1 Å². The van der Waals surface area contributed by atoms with Crippen LogP contribution in [-0.4, -0.2) is 27.9 Å². The van der Waals surface area contributed by atoms with Crippen LogP contribution in [0.4, 0.5) is 5.69 Å². The van der Waals surface area contributed by atoms with Crippen LogP contribution in [0.3, 0.4) is 0 Å². The number of halogens is 2. The van der Waals surface area contributed by atoms with Gasteiger partial charge in [0.2, 0.25) is 5.91 Å². The molecule has 0 spiro atoms. The lowest BCUT2D eigenvalue weighted by molar-refractivity contribution is -0.117. The third-order valence-electron chi connectivity index (χ3n) is 3.31. The molecule has 1 aliphatic heterocycles. The maximum atomic E-state index is 12.1. The van der Waals surface area contributed by atoms with Gasteiger partial charge in [0, 0.05) is 12.7 Å². The summed E-state index contributed by atoms with van der Waals surface area (Å²) < 4.78 is 1.41. The van der Waals surface area contributed by atoms with Crippen LogP contribution >= 0.6 is 23.2 Å². The number of amides is 1. The number of hydrogen-bond donors (Lipinski definition) is 2. The van der Waals surface area contributed by atoms with Gasteiger partial charge in [-0.3, -0.25) is 14.9 Å². The number of anilines is 1. The van der Waals surface area contributed by atoms with Gasteiger partial charge in [-0.15, -0.1) is 11.6 Å². The molecule has 3 atom stereocenters. The molecule has 8 heteroatoms. The first kappa shape index (κ1) is 15.8. The summed E-state index contributed by atoms with van der Waals surface area (Å²) >= 11 is 11.8. The van der Waals surface area contributed by atoms with Crippen LogP contribution < -0.4 is 16.2 Å². The van der Waals surface area contributed by atoms with Crippen molar-refractivity contribution in [1.82, 2.24) is 9.88 Å². The minimum Gasteiger partial charge on any atom is -0.323 e. The molecule has 0 aromatic carbocycles. The van der Waals surface area contributed by atoms with Gasteiger partial charge in [-0.2, -0.15) is 5.26 Å². The van der Waals surface area contributed by atoms with Gasteiger partial charge in [0.1, 0.15) is 11.1 Å². The molecule has 0 radical (unpaired) electrons. The van der Waals surface area contributed by atoms with E-state index in [9.17, 15) is 9.59 Å². The highest BCUT2D eigenvalue weighted by atomic mass is 35.5. The Hall–Kier alpha value is -1.55. The van der Waals surface area contributed by atoms with Gasteiger partial charge in [0.25, 0.3) is 5.56 Å². The molecule has 0 aliphatic carbocycles. The van der Waals surface area contributed by atoms with Crippen molar-refractivity contribution < 1.29 is 4.79 Å². The van der Waals surface area contributed by atoms with Crippen LogP contribution in [0.5, 0.6) is 0 Å². The highest BCUT2D eigenvalue weighted by Crippen LogP contribution is 2.20. The number of nitriles is 1. The summed E-state index contributed by atoms with van der Waals surface area (Å²) in [6.07, 6.45) is 1.90. The first-order valence-electron chi connectivity index (χ1n) is 6.46. The molecule has 0 saturated carbocycles. The normalized spacial score (nSPS) is 24.6. The van der Waals surface area contributed by atoms with E-state index in [2.05, 4.69) is 10.6 Å². The number of rotatable bonds is 3. The van der Waals surface area contributed by atoms with E-state index < -0.39 is 17.5 Å². The molecule has 1 saturated heterocycles. The fourth-order valence-electron chi connectivity index (χ4n) is 2.18. The van der Waals surface area contributed by atoms with Gasteiger partial charge in [-0.25, -0.2) is 0 Å².